The Labute approximate surface area is 48.6 Å². The zero-order valence-corrected chi connectivity index (χ0v) is 4.85. The van der Waals surface area contributed by atoms with Gasteiger partial charge in [0.1, 0.15) is 0 Å². The molecule has 0 radical (unpaired) electrons. The molecule has 8 heavy (non-hydrogen) atoms. The normalized spacial score (nSPS) is 10.9. The third-order valence-corrected chi connectivity index (χ3v) is 0.559. The number of hydrogen-bond acceptors (Lipinski definition) is 3. The van der Waals surface area contributed by atoms with Crippen molar-refractivity contribution in [3.8, 4) is 0 Å². The minimum Gasteiger partial charge on any atom is -0.480 e. The van der Waals surface area contributed by atoms with Crippen LogP contribution >= 0.6 is 0 Å². The van der Waals surface area contributed by atoms with Crippen LogP contribution in [-0.2, 0) is 4.74 Å². The molecule has 0 aliphatic heterocycles. The fraction of sp³-hybridized carbons (Fsp3) is 0.400. The molecule has 0 aliphatic rings. The first-order valence-corrected chi connectivity index (χ1v) is 2.40. The van der Waals surface area contributed by atoms with Crippen molar-refractivity contribution in [3.05, 3.63) is 12.0 Å². The maximum absolute atomic E-state index is 6.55. The summed E-state index contributed by atoms with van der Waals surface area (Å²) in [5, 5.41) is 6.55. The molecule has 46 valence electrons. The molecule has 0 amide bonds. The summed E-state index contributed by atoms with van der Waals surface area (Å²) in [5.74, 6) is 0.294. The molecular weight excluding hydrogens is 104 g/mol. The van der Waals surface area contributed by atoms with Crippen molar-refractivity contribution in [2.24, 2.45) is 5.73 Å². The Bertz CT molecular complexity index is 98.6. The van der Waals surface area contributed by atoms with Gasteiger partial charge in [-0.1, -0.05) is 0 Å². The predicted molar refractivity (Wildman–Crippen MR) is 32.7 cm³/mol. The lowest BCUT2D eigenvalue weighted by Crippen LogP contribution is -2.01. The fourth-order valence-corrected chi connectivity index (χ4v) is 0.297. The second kappa shape index (κ2) is 4.18. The van der Waals surface area contributed by atoms with E-state index < -0.39 is 0 Å². The van der Waals surface area contributed by atoms with Gasteiger partial charge >= 0.3 is 0 Å². The van der Waals surface area contributed by atoms with Gasteiger partial charge in [-0.3, -0.25) is 0 Å². The van der Waals surface area contributed by atoms with Crippen LogP contribution in [0.4, 0.5) is 0 Å². The first-order valence-electron chi connectivity index (χ1n) is 2.40. The van der Waals surface area contributed by atoms with Crippen LogP contribution in [0.1, 0.15) is 6.92 Å². The molecule has 0 fully saturated rings. The third kappa shape index (κ3) is 3.21. The van der Waals surface area contributed by atoms with Gasteiger partial charge in [0.15, 0.2) is 5.88 Å². The molecule has 0 aromatic carbocycles. The standard InChI is InChI=1S/C5H10N2O/c1-2-8-5(7)3-4-6/h3-4,6H,2,7H2,1H3/b5-3+,6-4?. The molecule has 0 aliphatic carbocycles. The van der Waals surface area contributed by atoms with Crippen molar-refractivity contribution >= 4 is 6.21 Å². The molecule has 0 aromatic rings. The third-order valence-electron chi connectivity index (χ3n) is 0.559. The van der Waals surface area contributed by atoms with Gasteiger partial charge in [0.2, 0.25) is 0 Å². The van der Waals surface area contributed by atoms with Crippen molar-refractivity contribution in [1.82, 2.24) is 0 Å². The minimum absolute atomic E-state index is 0.294. The topological polar surface area (TPSA) is 59.1 Å². The smallest absolute Gasteiger partial charge is 0.185 e. The average Bonchev–Trinajstić information content (AvgIpc) is 1.68. The van der Waals surface area contributed by atoms with Crippen LogP contribution in [-0.4, -0.2) is 12.8 Å². The Balaban J connectivity index is 3.44. The SMILES string of the molecule is CCO/C(N)=C/C=N. The molecule has 0 unspecified atom stereocenters. The molecule has 3 N–H and O–H groups in total. The zero-order valence-electron chi connectivity index (χ0n) is 4.85. The van der Waals surface area contributed by atoms with Crippen molar-refractivity contribution in [3.63, 3.8) is 0 Å². The lowest BCUT2D eigenvalue weighted by molar-refractivity contribution is 0.227. The molecular formula is C5H10N2O. The first kappa shape index (κ1) is 7.01. The average molecular weight is 114 g/mol. The van der Waals surface area contributed by atoms with E-state index in [1.807, 2.05) is 6.92 Å². The second-order valence-corrected chi connectivity index (χ2v) is 1.17. The molecule has 0 saturated carbocycles. The molecule has 0 saturated heterocycles. The number of rotatable bonds is 3. The van der Waals surface area contributed by atoms with Crippen molar-refractivity contribution in [1.29, 1.82) is 5.41 Å². The lowest BCUT2D eigenvalue weighted by atomic mass is 10.6. The van der Waals surface area contributed by atoms with Crippen LogP contribution in [0.5, 0.6) is 0 Å². The fourth-order valence-electron chi connectivity index (χ4n) is 0.297. The van der Waals surface area contributed by atoms with Gasteiger partial charge in [-0.25, -0.2) is 0 Å². The van der Waals surface area contributed by atoms with Gasteiger partial charge in [0.25, 0.3) is 0 Å². The van der Waals surface area contributed by atoms with Crippen LogP contribution in [0.15, 0.2) is 12.0 Å². The Morgan fingerprint density at radius 3 is 2.88 bits per heavy atom. The number of nitrogens with one attached hydrogen (secondary N) is 1. The Hall–Kier alpha value is -0.990. The number of hydrogen-bond donors (Lipinski definition) is 2. The van der Waals surface area contributed by atoms with E-state index in [-0.39, 0.29) is 0 Å². The van der Waals surface area contributed by atoms with Crippen LogP contribution in [0.25, 0.3) is 0 Å². The van der Waals surface area contributed by atoms with Gasteiger partial charge < -0.3 is 15.9 Å². The summed E-state index contributed by atoms with van der Waals surface area (Å²) >= 11 is 0. The Morgan fingerprint density at radius 2 is 2.50 bits per heavy atom. The van der Waals surface area contributed by atoms with Gasteiger partial charge in [-0.2, -0.15) is 0 Å². The van der Waals surface area contributed by atoms with Crippen LogP contribution in [0, 0.1) is 5.41 Å². The summed E-state index contributed by atoms with van der Waals surface area (Å²) in [5.41, 5.74) is 5.18. The highest BCUT2D eigenvalue weighted by Crippen LogP contribution is 1.82. The first-order chi connectivity index (χ1) is 3.81. The lowest BCUT2D eigenvalue weighted by Gasteiger charge is -1.97. The highest BCUT2D eigenvalue weighted by molar-refractivity contribution is 5.67. The predicted octanol–water partition coefficient (Wildman–Crippen LogP) is 0.473. The van der Waals surface area contributed by atoms with E-state index in [1.54, 1.807) is 0 Å². The van der Waals surface area contributed by atoms with E-state index in [4.69, 9.17) is 15.9 Å². The van der Waals surface area contributed by atoms with E-state index >= 15 is 0 Å². The maximum Gasteiger partial charge on any atom is 0.185 e. The van der Waals surface area contributed by atoms with Gasteiger partial charge in [0, 0.05) is 12.3 Å². The van der Waals surface area contributed by atoms with E-state index in [9.17, 15) is 0 Å². The molecule has 0 heterocycles. The quantitative estimate of drug-likeness (QED) is 0.414. The van der Waals surface area contributed by atoms with E-state index in [2.05, 4.69) is 0 Å². The van der Waals surface area contributed by atoms with E-state index in [1.165, 1.54) is 6.08 Å². The second-order valence-electron chi connectivity index (χ2n) is 1.17. The number of allylic oxidation sites excluding steroid dienone is 1. The van der Waals surface area contributed by atoms with Gasteiger partial charge in [-0.05, 0) is 6.92 Å². The van der Waals surface area contributed by atoms with Crippen LogP contribution < -0.4 is 5.73 Å². The minimum atomic E-state index is 0.294. The maximum atomic E-state index is 6.55. The van der Waals surface area contributed by atoms with Crippen molar-refractivity contribution < 1.29 is 4.74 Å². The molecule has 0 aromatic heterocycles. The van der Waals surface area contributed by atoms with Crippen molar-refractivity contribution in [2.45, 2.75) is 6.92 Å². The van der Waals surface area contributed by atoms with E-state index in [0.29, 0.717) is 12.5 Å². The Morgan fingerprint density at radius 1 is 1.88 bits per heavy atom. The molecule has 3 heteroatoms. The van der Waals surface area contributed by atoms with Gasteiger partial charge in [0.05, 0.1) is 6.61 Å². The summed E-state index contributed by atoms with van der Waals surface area (Å²) in [6, 6.07) is 0. The summed E-state index contributed by atoms with van der Waals surface area (Å²) in [4.78, 5) is 0. The monoisotopic (exact) mass is 114 g/mol. The van der Waals surface area contributed by atoms with Gasteiger partial charge in [-0.15, -0.1) is 0 Å². The molecule has 3 nitrogen and oxygen atoms in total. The zero-order chi connectivity index (χ0) is 6.41. The van der Waals surface area contributed by atoms with Crippen LogP contribution in [0.2, 0.25) is 0 Å². The Kier molecular flexibility index (Phi) is 3.66. The van der Waals surface area contributed by atoms with Crippen LogP contribution in [0.3, 0.4) is 0 Å². The summed E-state index contributed by atoms with van der Waals surface area (Å²) in [6.07, 6.45) is 2.48. The number of ether oxygens (including phenoxy) is 1. The molecule has 0 rings (SSSR count). The number of nitrogens with two attached hydrogens (primary N) is 1. The molecule has 0 bridgehead atoms. The molecule has 0 atom stereocenters. The largest absolute Gasteiger partial charge is 0.480 e. The summed E-state index contributed by atoms with van der Waals surface area (Å²) < 4.78 is 4.77. The van der Waals surface area contributed by atoms with E-state index in [0.717, 1.165) is 6.21 Å². The highest BCUT2D eigenvalue weighted by Gasteiger charge is 1.80. The highest BCUT2D eigenvalue weighted by atomic mass is 16.5. The van der Waals surface area contributed by atoms with Crippen molar-refractivity contribution in [2.75, 3.05) is 6.61 Å². The summed E-state index contributed by atoms with van der Waals surface area (Å²) in [6.45, 7) is 2.39. The molecule has 0 spiro atoms. The summed E-state index contributed by atoms with van der Waals surface area (Å²) in [7, 11) is 0.